The number of hydrogen-bond donors (Lipinski definition) is 2. The third kappa shape index (κ3) is 6.42. The maximum atomic E-state index is 6.19. The molecule has 3 aliphatic rings. The van der Waals surface area contributed by atoms with Gasteiger partial charge in [-0.3, -0.25) is 9.89 Å². The van der Waals surface area contributed by atoms with E-state index >= 15 is 0 Å². The van der Waals surface area contributed by atoms with Crippen molar-refractivity contribution in [2.75, 3.05) is 64.8 Å². The Kier molecular flexibility index (Phi) is 9.76. The second-order valence-corrected chi connectivity index (χ2v) is 9.99. The Morgan fingerprint density at radius 3 is 2.56 bits per heavy atom. The van der Waals surface area contributed by atoms with Gasteiger partial charge in [-0.2, -0.15) is 0 Å². The van der Waals surface area contributed by atoms with Gasteiger partial charge in [0.25, 0.3) is 0 Å². The third-order valence-corrected chi connectivity index (χ3v) is 7.69. The Bertz CT molecular complexity index is 746. The van der Waals surface area contributed by atoms with Crippen LogP contribution < -0.4 is 15.5 Å². The molecule has 1 aromatic carbocycles. The standard InChI is InChI=1S/C24H39ClN6.HI/c1-26-23(28-21-9-14-30(18-21)22-8-6-7-20(25)17-22)27-19-24(10-15-29(2)16-11-24)31-12-4-3-5-13-31;/h6-8,17,21H,3-5,9-16,18-19H2,1-2H3,(H2,26,27,28);1H. The second-order valence-electron chi connectivity index (χ2n) is 9.56. The van der Waals surface area contributed by atoms with E-state index in [9.17, 15) is 0 Å². The number of guanidine groups is 1. The molecular formula is C24H40ClIN6. The summed E-state index contributed by atoms with van der Waals surface area (Å²) in [5.74, 6) is 0.938. The SMILES string of the molecule is CN=C(NCC1(N2CCCCC2)CCN(C)CC1)NC1CCN(c2cccc(Cl)c2)C1.I. The fourth-order valence-electron chi connectivity index (χ4n) is 5.43. The van der Waals surface area contributed by atoms with Crippen LogP contribution in [0.4, 0.5) is 5.69 Å². The van der Waals surface area contributed by atoms with Crippen molar-refractivity contribution < 1.29 is 0 Å². The summed E-state index contributed by atoms with van der Waals surface area (Å²) in [6.45, 7) is 7.85. The lowest BCUT2D eigenvalue weighted by molar-refractivity contribution is 0.0173. The van der Waals surface area contributed by atoms with E-state index in [1.54, 1.807) is 0 Å². The van der Waals surface area contributed by atoms with Crippen LogP contribution >= 0.6 is 35.6 Å². The highest BCUT2D eigenvalue weighted by atomic mass is 127. The molecule has 3 aliphatic heterocycles. The zero-order chi connectivity index (χ0) is 21.7. The number of rotatable bonds is 5. The van der Waals surface area contributed by atoms with Crippen LogP contribution in [-0.2, 0) is 0 Å². The van der Waals surface area contributed by atoms with Crippen LogP contribution in [0.2, 0.25) is 5.02 Å². The lowest BCUT2D eigenvalue weighted by Crippen LogP contribution is -2.62. The zero-order valence-electron chi connectivity index (χ0n) is 19.7. The summed E-state index contributed by atoms with van der Waals surface area (Å²) in [4.78, 5) is 12.2. The largest absolute Gasteiger partial charge is 0.369 e. The van der Waals surface area contributed by atoms with Crippen molar-refractivity contribution in [2.45, 2.75) is 50.1 Å². The average molecular weight is 575 g/mol. The predicted molar refractivity (Wildman–Crippen MR) is 147 cm³/mol. The molecule has 3 fully saturated rings. The molecule has 1 atom stereocenters. The molecule has 0 radical (unpaired) electrons. The van der Waals surface area contributed by atoms with Gasteiger partial charge in [0, 0.05) is 49.0 Å². The summed E-state index contributed by atoms with van der Waals surface area (Å²) < 4.78 is 0. The molecule has 4 rings (SSSR count). The molecule has 0 spiro atoms. The van der Waals surface area contributed by atoms with E-state index in [1.807, 2.05) is 19.2 Å². The van der Waals surface area contributed by atoms with Gasteiger partial charge < -0.3 is 20.4 Å². The summed E-state index contributed by atoms with van der Waals surface area (Å²) in [5, 5.41) is 8.20. The highest BCUT2D eigenvalue weighted by Gasteiger charge is 2.39. The number of piperidine rings is 2. The predicted octanol–water partition coefficient (Wildman–Crippen LogP) is 3.65. The van der Waals surface area contributed by atoms with Gasteiger partial charge >= 0.3 is 0 Å². The minimum absolute atomic E-state index is 0. The first-order chi connectivity index (χ1) is 15.1. The van der Waals surface area contributed by atoms with E-state index in [4.69, 9.17) is 11.6 Å². The number of nitrogens with zero attached hydrogens (tertiary/aromatic N) is 4. The lowest BCUT2D eigenvalue weighted by atomic mass is 9.84. The zero-order valence-corrected chi connectivity index (χ0v) is 22.7. The van der Waals surface area contributed by atoms with Gasteiger partial charge in [-0.25, -0.2) is 0 Å². The lowest BCUT2D eigenvalue weighted by Gasteiger charge is -2.50. The maximum Gasteiger partial charge on any atom is 0.191 e. The minimum Gasteiger partial charge on any atom is -0.369 e. The van der Waals surface area contributed by atoms with Crippen LogP contribution in [-0.4, -0.2) is 87.2 Å². The van der Waals surface area contributed by atoms with Crippen molar-refractivity contribution in [3.05, 3.63) is 29.3 Å². The number of anilines is 1. The van der Waals surface area contributed by atoms with Crippen molar-refractivity contribution in [1.29, 1.82) is 0 Å². The molecule has 0 aliphatic carbocycles. The Hall–Kier alpha value is -0.770. The average Bonchev–Trinajstić information content (AvgIpc) is 3.27. The van der Waals surface area contributed by atoms with Crippen LogP contribution in [0.5, 0.6) is 0 Å². The van der Waals surface area contributed by atoms with Crippen molar-refractivity contribution in [1.82, 2.24) is 20.4 Å². The van der Waals surface area contributed by atoms with E-state index < -0.39 is 0 Å². The molecule has 3 saturated heterocycles. The van der Waals surface area contributed by atoms with E-state index in [1.165, 1.54) is 64.0 Å². The number of aliphatic imine (C=N–C) groups is 1. The van der Waals surface area contributed by atoms with Gasteiger partial charge in [0.05, 0.1) is 0 Å². The van der Waals surface area contributed by atoms with Crippen LogP contribution in [0.15, 0.2) is 29.3 Å². The van der Waals surface area contributed by atoms with Crippen molar-refractivity contribution in [3.63, 3.8) is 0 Å². The molecular weight excluding hydrogens is 535 g/mol. The highest BCUT2D eigenvalue weighted by molar-refractivity contribution is 14.0. The molecule has 32 heavy (non-hydrogen) atoms. The number of nitrogens with one attached hydrogen (secondary N) is 2. The summed E-state index contributed by atoms with van der Waals surface area (Å²) in [6.07, 6.45) is 7.64. The molecule has 1 unspecified atom stereocenters. The van der Waals surface area contributed by atoms with Crippen molar-refractivity contribution in [3.8, 4) is 0 Å². The number of benzene rings is 1. The van der Waals surface area contributed by atoms with Crippen LogP contribution in [0, 0.1) is 0 Å². The second kappa shape index (κ2) is 12.1. The normalized spacial score (nSPS) is 24.8. The maximum absolute atomic E-state index is 6.19. The fourth-order valence-corrected chi connectivity index (χ4v) is 5.61. The molecule has 3 heterocycles. The molecule has 0 amide bonds. The topological polar surface area (TPSA) is 46.1 Å². The van der Waals surface area contributed by atoms with Crippen LogP contribution in [0.1, 0.15) is 38.5 Å². The van der Waals surface area contributed by atoms with Gasteiger partial charge in [0.15, 0.2) is 5.96 Å². The van der Waals surface area contributed by atoms with Crippen molar-refractivity contribution in [2.24, 2.45) is 4.99 Å². The monoisotopic (exact) mass is 574 g/mol. The van der Waals surface area contributed by atoms with Crippen LogP contribution in [0.25, 0.3) is 0 Å². The van der Waals surface area contributed by atoms with E-state index in [0.29, 0.717) is 6.04 Å². The molecule has 0 aromatic heterocycles. The number of hydrogen-bond acceptors (Lipinski definition) is 4. The summed E-state index contributed by atoms with van der Waals surface area (Å²) in [5.41, 5.74) is 1.46. The first-order valence-electron chi connectivity index (χ1n) is 12.0. The first-order valence-corrected chi connectivity index (χ1v) is 12.4. The Labute approximate surface area is 216 Å². The molecule has 8 heteroatoms. The molecule has 180 valence electrons. The van der Waals surface area contributed by atoms with E-state index in [-0.39, 0.29) is 29.5 Å². The van der Waals surface area contributed by atoms with Gasteiger partial charge in [-0.1, -0.05) is 24.1 Å². The fraction of sp³-hybridized carbons (Fsp3) is 0.708. The summed E-state index contributed by atoms with van der Waals surface area (Å²) in [7, 11) is 4.14. The Morgan fingerprint density at radius 1 is 1.12 bits per heavy atom. The van der Waals surface area contributed by atoms with Gasteiger partial charge in [0.1, 0.15) is 0 Å². The Balaban J connectivity index is 0.00000289. The summed E-state index contributed by atoms with van der Waals surface area (Å²) in [6, 6.07) is 8.56. The number of halogens is 2. The first kappa shape index (κ1) is 25.8. The molecule has 0 bridgehead atoms. The van der Waals surface area contributed by atoms with Gasteiger partial charge in [0.2, 0.25) is 0 Å². The van der Waals surface area contributed by atoms with E-state index in [0.717, 1.165) is 37.0 Å². The molecule has 2 N–H and O–H groups in total. The highest BCUT2D eigenvalue weighted by Crippen LogP contribution is 2.31. The van der Waals surface area contributed by atoms with E-state index in [2.05, 4.69) is 49.5 Å². The molecule has 1 aromatic rings. The molecule has 6 nitrogen and oxygen atoms in total. The minimum atomic E-state index is 0. The quantitative estimate of drug-likeness (QED) is 0.319. The number of likely N-dealkylation sites (tertiary alicyclic amines) is 2. The smallest absolute Gasteiger partial charge is 0.191 e. The Morgan fingerprint density at radius 2 is 1.88 bits per heavy atom. The summed E-state index contributed by atoms with van der Waals surface area (Å²) >= 11 is 6.19. The van der Waals surface area contributed by atoms with Gasteiger partial charge in [-0.05, 0) is 83.5 Å². The van der Waals surface area contributed by atoms with Gasteiger partial charge in [-0.15, -0.1) is 24.0 Å². The van der Waals surface area contributed by atoms with Crippen LogP contribution in [0.3, 0.4) is 0 Å². The third-order valence-electron chi connectivity index (χ3n) is 7.46. The van der Waals surface area contributed by atoms with Crippen molar-refractivity contribution >= 4 is 47.2 Å². The molecule has 0 saturated carbocycles.